The van der Waals surface area contributed by atoms with Gasteiger partial charge < -0.3 is 28.8 Å². The van der Waals surface area contributed by atoms with Crippen molar-refractivity contribution in [1.82, 2.24) is 5.32 Å². The van der Waals surface area contributed by atoms with Crippen LogP contribution in [-0.4, -0.2) is 68.5 Å². The van der Waals surface area contributed by atoms with Crippen LogP contribution in [0.1, 0.15) is 316 Å². The number of hydrogen-bond donors (Lipinski definition) is 2. The lowest BCUT2D eigenvalue weighted by atomic mass is 10.0. The maximum atomic E-state index is 13.0. The van der Waals surface area contributed by atoms with Crippen LogP contribution in [0.4, 0.5) is 0 Å². The van der Waals surface area contributed by atoms with Crippen LogP contribution in [0.5, 0.6) is 0 Å². The summed E-state index contributed by atoms with van der Waals surface area (Å²) < 4.78 is 23.4. The molecule has 0 saturated heterocycles. The number of rotatable bonds is 57. The molecule has 0 bridgehead atoms. The molecule has 3 unspecified atom stereocenters. The second-order valence-electron chi connectivity index (χ2n) is 22.4. The zero-order chi connectivity index (χ0) is 50.6. The number of quaternary nitrogens is 1. The molecule has 1 amide bonds. The molecule has 69 heavy (non-hydrogen) atoms. The highest BCUT2D eigenvalue weighted by Crippen LogP contribution is 2.38. The molecule has 0 radical (unpaired) electrons. The highest BCUT2D eigenvalue weighted by atomic mass is 31.2. The van der Waals surface area contributed by atoms with E-state index in [1.54, 1.807) is 6.08 Å². The van der Waals surface area contributed by atoms with Gasteiger partial charge in [0.25, 0.3) is 7.82 Å². The molecule has 0 fully saturated rings. The first-order valence-corrected chi connectivity index (χ1v) is 32.0. The normalized spacial score (nSPS) is 13.9. The van der Waals surface area contributed by atoms with Gasteiger partial charge in [0.2, 0.25) is 5.91 Å². The van der Waals surface area contributed by atoms with E-state index in [-0.39, 0.29) is 19.1 Å². The van der Waals surface area contributed by atoms with E-state index in [0.717, 1.165) is 38.5 Å². The maximum Gasteiger partial charge on any atom is 0.268 e. The second-order valence-corrected chi connectivity index (χ2v) is 23.8. The van der Waals surface area contributed by atoms with Gasteiger partial charge >= 0.3 is 0 Å². The molecule has 0 spiro atoms. The SMILES string of the molecule is CCCCCCCCCCCCCCCCCCCCCCCCCCC/C=C/C(O)C(COP(=O)([O-])OCC[N+](C)(C)C)NC(=O)CCCCCCCCCCCCCCCCCCCCCC. The summed E-state index contributed by atoms with van der Waals surface area (Å²) in [6.45, 7) is 4.71. The van der Waals surface area contributed by atoms with Crippen LogP contribution in [0.2, 0.25) is 0 Å². The van der Waals surface area contributed by atoms with Crippen LogP contribution in [-0.2, 0) is 18.4 Å². The van der Waals surface area contributed by atoms with Crippen molar-refractivity contribution in [3.63, 3.8) is 0 Å². The number of phosphoric acid groups is 1. The van der Waals surface area contributed by atoms with Crippen molar-refractivity contribution in [2.24, 2.45) is 0 Å². The monoisotopic (exact) mass is 997 g/mol. The predicted octanol–water partition coefficient (Wildman–Crippen LogP) is 18.0. The van der Waals surface area contributed by atoms with Crippen molar-refractivity contribution >= 4 is 13.7 Å². The summed E-state index contributed by atoms with van der Waals surface area (Å²) in [5, 5.41) is 13.9. The Balaban J connectivity index is 4.13. The number of hydrogen-bond acceptors (Lipinski definition) is 6. The molecule has 0 aromatic heterocycles. The predicted molar refractivity (Wildman–Crippen MR) is 298 cm³/mol. The molecule has 3 atom stereocenters. The first-order valence-electron chi connectivity index (χ1n) is 30.6. The van der Waals surface area contributed by atoms with Crippen molar-refractivity contribution < 1.29 is 32.9 Å². The topological polar surface area (TPSA) is 108 Å². The van der Waals surface area contributed by atoms with E-state index in [4.69, 9.17) is 9.05 Å². The van der Waals surface area contributed by atoms with Crippen LogP contribution in [0.3, 0.4) is 0 Å². The molecular formula is C60H121N2O6P. The van der Waals surface area contributed by atoms with E-state index < -0.39 is 20.0 Å². The fourth-order valence-electron chi connectivity index (χ4n) is 9.45. The van der Waals surface area contributed by atoms with Gasteiger partial charge in [0.1, 0.15) is 13.2 Å². The number of unbranched alkanes of at least 4 members (excludes halogenated alkanes) is 44. The summed E-state index contributed by atoms with van der Waals surface area (Å²) in [5.41, 5.74) is 0. The van der Waals surface area contributed by atoms with E-state index in [0.29, 0.717) is 17.4 Å². The lowest BCUT2D eigenvalue weighted by molar-refractivity contribution is -0.870. The van der Waals surface area contributed by atoms with Gasteiger partial charge in [-0.1, -0.05) is 302 Å². The van der Waals surface area contributed by atoms with Crippen molar-refractivity contribution in [3.8, 4) is 0 Å². The minimum atomic E-state index is -4.59. The van der Waals surface area contributed by atoms with Gasteiger partial charge in [-0.25, -0.2) is 0 Å². The Hall–Kier alpha value is -0.760. The van der Waals surface area contributed by atoms with Crippen molar-refractivity contribution in [3.05, 3.63) is 12.2 Å². The van der Waals surface area contributed by atoms with E-state index >= 15 is 0 Å². The van der Waals surface area contributed by atoms with Gasteiger partial charge in [-0.2, -0.15) is 0 Å². The number of carbonyl (C=O) groups is 1. The van der Waals surface area contributed by atoms with Crippen LogP contribution < -0.4 is 10.2 Å². The number of nitrogens with zero attached hydrogens (tertiary/aromatic N) is 1. The molecule has 0 aliphatic carbocycles. The smallest absolute Gasteiger partial charge is 0.268 e. The third kappa shape index (κ3) is 54.8. The number of aliphatic hydroxyl groups excluding tert-OH is 1. The minimum absolute atomic E-state index is 0.00279. The van der Waals surface area contributed by atoms with Gasteiger partial charge in [0.15, 0.2) is 0 Å². The molecule has 0 aromatic rings. The molecule has 0 saturated carbocycles. The fourth-order valence-corrected chi connectivity index (χ4v) is 10.2. The lowest BCUT2D eigenvalue weighted by Crippen LogP contribution is -2.45. The number of phosphoric ester groups is 1. The Kier molecular flexibility index (Phi) is 51.5. The summed E-state index contributed by atoms with van der Waals surface area (Å²) in [6, 6.07) is -0.882. The van der Waals surface area contributed by atoms with Gasteiger partial charge in [0, 0.05) is 6.42 Å². The van der Waals surface area contributed by atoms with Crippen molar-refractivity contribution in [2.75, 3.05) is 40.9 Å². The number of likely N-dealkylation sites (N-methyl/N-ethyl adjacent to an activating group) is 1. The highest BCUT2D eigenvalue weighted by molar-refractivity contribution is 7.45. The number of amides is 1. The Labute approximate surface area is 431 Å². The average molecular weight is 998 g/mol. The molecule has 0 aromatic carbocycles. The Morgan fingerprint density at radius 1 is 0.493 bits per heavy atom. The highest BCUT2D eigenvalue weighted by Gasteiger charge is 2.23. The van der Waals surface area contributed by atoms with Crippen LogP contribution in [0, 0.1) is 0 Å². The molecular weight excluding hydrogens is 876 g/mol. The number of carbonyl (C=O) groups excluding carboxylic acids is 1. The van der Waals surface area contributed by atoms with E-state index in [9.17, 15) is 19.4 Å². The van der Waals surface area contributed by atoms with Gasteiger partial charge in [-0.05, 0) is 19.3 Å². The summed E-state index contributed by atoms with van der Waals surface area (Å²) >= 11 is 0. The number of aliphatic hydroxyl groups is 1. The van der Waals surface area contributed by atoms with Crippen LogP contribution >= 0.6 is 7.82 Å². The third-order valence-corrected chi connectivity index (χ3v) is 15.2. The first-order chi connectivity index (χ1) is 33.5. The Morgan fingerprint density at radius 3 is 1.09 bits per heavy atom. The van der Waals surface area contributed by atoms with Gasteiger partial charge in [0.05, 0.1) is 39.9 Å². The number of nitrogens with one attached hydrogen (secondary N) is 1. The molecule has 2 N–H and O–H groups in total. The third-order valence-electron chi connectivity index (χ3n) is 14.2. The van der Waals surface area contributed by atoms with Crippen LogP contribution in [0.15, 0.2) is 12.2 Å². The summed E-state index contributed by atoms with van der Waals surface area (Å²) in [7, 11) is 1.28. The largest absolute Gasteiger partial charge is 0.756 e. The quantitative estimate of drug-likeness (QED) is 0.0272. The standard InChI is InChI=1S/C60H121N2O6P/c1-6-8-10-12-14-16-18-20-22-24-26-28-29-30-31-32-33-34-35-37-39-41-43-45-47-49-51-53-59(63)58(57-68-69(65,66)67-56-55-62(3,4)5)61-60(64)54-52-50-48-46-44-42-40-38-36-27-25-23-21-19-17-15-13-11-9-7-2/h51,53,58-59,63H,6-50,52,54-57H2,1-5H3,(H-,61,64,65,66)/b53-51+. The summed E-state index contributed by atoms with van der Waals surface area (Å²) in [4.78, 5) is 25.5. The zero-order valence-corrected chi connectivity index (χ0v) is 47.9. The minimum Gasteiger partial charge on any atom is -0.756 e. The summed E-state index contributed by atoms with van der Waals surface area (Å²) in [5.74, 6) is -0.189. The van der Waals surface area contributed by atoms with Crippen LogP contribution in [0.25, 0.3) is 0 Å². The Bertz CT molecular complexity index is 1130. The number of allylic oxidation sites excluding steroid dienone is 1. The van der Waals surface area contributed by atoms with E-state index in [1.807, 2.05) is 27.2 Å². The van der Waals surface area contributed by atoms with Gasteiger partial charge in [-0.15, -0.1) is 0 Å². The van der Waals surface area contributed by atoms with Crippen molar-refractivity contribution in [1.29, 1.82) is 0 Å². The summed E-state index contributed by atoms with van der Waals surface area (Å²) in [6.07, 6.45) is 64.4. The molecule has 0 aliphatic heterocycles. The lowest BCUT2D eigenvalue weighted by Gasteiger charge is -2.29. The first kappa shape index (κ1) is 68.2. The molecule has 9 heteroatoms. The molecule has 0 heterocycles. The fraction of sp³-hybridized carbons (Fsp3) is 0.950. The van der Waals surface area contributed by atoms with Gasteiger partial charge in [-0.3, -0.25) is 9.36 Å². The molecule has 8 nitrogen and oxygen atoms in total. The average Bonchev–Trinajstić information content (AvgIpc) is 3.31. The second kappa shape index (κ2) is 52.1. The van der Waals surface area contributed by atoms with E-state index in [1.165, 1.54) is 257 Å². The Morgan fingerprint density at radius 2 is 0.783 bits per heavy atom. The molecule has 412 valence electrons. The molecule has 0 aliphatic rings. The maximum absolute atomic E-state index is 13.0. The zero-order valence-electron chi connectivity index (χ0n) is 47.0. The molecule has 0 rings (SSSR count). The van der Waals surface area contributed by atoms with E-state index in [2.05, 4.69) is 19.2 Å². The van der Waals surface area contributed by atoms with Crippen molar-refractivity contribution in [2.45, 2.75) is 328 Å².